The molecule has 0 aromatic rings. The highest BCUT2D eigenvalue weighted by Gasteiger charge is 2.23. The second kappa shape index (κ2) is 9.03. The minimum Gasteiger partial charge on any atom is -0.356 e. The first-order valence-electron chi connectivity index (χ1n) is 8.25. The molecule has 1 aliphatic heterocycles. The zero-order valence-corrected chi connectivity index (χ0v) is 14.0. The summed E-state index contributed by atoms with van der Waals surface area (Å²) in [5.74, 6) is 0.832. The van der Waals surface area contributed by atoms with Crippen LogP contribution in [0.25, 0.3) is 0 Å². The van der Waals surface area contributed by atoms with Gasteiger partial charge in [-0.3, -0.25) is 14.5 Å². The highest BCUT2D eigenvalue weighted by molar-refractivity contribution is 5.78. The van der Waals surface area contributed by atoms with E-state index >= 15 is 0 Å². The standard InChI is InChI=1S/C16H31N3O2/c1-5-19(6-2)15(20)12-18-9-7-8-14(11-18)10-17-16(21)13(3)4/h13-14H,5-12H2,1-4H3,(H,17,21). The number of hydrogen-bond acceptors (Lipinski definition) is 3. The van der Waals surface area contributed by atoms with E-state index in [-0.39, 0.29) is 17.7 Å². The first-order chi connectivity index (χ1) is 9.97. The molecule has 1 rings (SSSR count). The fourth-order valence-corrected chi connectivity index (χ4v) is 2.78. The molecule has 0 radical (unpaired) electrons. The first-order valence-corrected chi connectivity index (χ1v) is 8.25. The van der Waals surface area contributed by atoms with Gasteiger partial charge in [-0.05, 0) is 39.2 Å². The number of hydrogen-bond donors (Lipinski definition) is 1. The lowest BCUT2D eigenvalue weighted by atomic mass is 9.97. The van der Waals surface area contributed by atoms with Gasteiger partial charge in [-0.2, -0.15) is 0 Å². The van der Waals surface area contributed by atoms with Crippen LogP contribution in [0.4, 0.5) is 0 Å². The number of piperidine rings is 1. The lowest BCUT2D eigenvalue weighted by Crippen LogP contribution is -2.46. The molecular weight excluding hydrogens is 266 g/mol. The molecule has 0 aromatic heterocycles. The molecule has 122 valence electrons. The fourth-order valence-electron chi connectivity index (χ4n) is 2.78. The summed E-state index contributed by atoms with van der Waals surface area (Å²) in [6.07, 6.45) is 2.24. The average molecular weight is 297 g/mol. The minimum atomic E-state index is 0.0361. The second-order valence-electron chi connectivity index (χ2n) is 6.21. The van der Waals surface area contributed by atoms with Gasteiger partial charge in [-0.25, -0.2) is 0 Å². The first kappa shape index (κ1) is 18.0. The summed E-state index contributed by atoms with van der Waals surface area (Å²) in [4.78, 5) is 27.9. The minimum absolute atomic E-state index is 0.0361. The summed E-state index contributed by atoms with van der Waals surface area (Å²) < 4.78 is 0. The summed E-state index contributed by atoms with van der Waals surface area (Å²) in [6.45, 7) is 12.5. The molecule has 1 saturated heterocycles. The highest BCUT2D eigenvalue weighted by Crippen LogP contribution is 2.16. The number of carbonyl (C=O) groups is 2. The van der Waals surface area contributed by atoms with Gasteiger partial charge in [0.15, 0.2) is 0 Å². The molecule has 1 atom stereocenters. The Bertz CT molecular complexity index is 340. The molecule has 5 heteroatoms. The van der Waals surface area contributed by atoms with E-state index in [1.165, 1.54) is 0 Å². The van der Waals surface area contributed by atoms with Crippen molar-refractivity contribution in [2.45, 2.75) is 40.5 Å². The molecule has 21 heavy (non-hydrogen) atoms. The van der Waals surface area contributed by atoms with Crippen LogP contribution in [0, 0.1) is 11.8 Å². The van der Waals surface area contributed by atoms with E-state index in [2.05, 4.69) is 10.2 Å². The van der Waals surface area contributed by atoms with E-state index in [0.29, 0.717) is 12.5 Å². The van der Waals surface area contributed by atoms with Gasteiger partial charge in [0.1, 0.15) is 0 Å². The Morgan fingerprint density at radius 2 is 1.95 bits per heavy atom. The lowest BCUT2D eigenvalue weighted by Gasteiger charge is -2.33. The van der Waals surface area contributed by atoms with Crippen molar-refractivity contribution in [1.82, 2.24) is 15.1 Å². The van der Waals surface area contributed by atoms with E-state index < -0.39 is 0 Å². The smallest absolute Gasteiger partial charge is 0.236 e. The Hall–Kier alpha value is -1.10. The van der Waals surface area contributed by atoms with Crippen molar-refractivity contribution >= 4 is 11.8 Å². The Morgan fingerprint density at radius 1 is 1.29 bits per heavy atom. The molecule has 0 spiro atoms. The van der Waals surface area contributed by atoms with E-state index in [1.807, 2.05) is 32.6 Å². The maximum atomic E-state index is 12.2. The summed E-state index contributed by atoms with van der Waals surface area (Å²) in [5.41, 5.74) is 0. The van der Waals surface area contributed by atoms with E-state index in [0.717, 1.165) is 45.6 Å². The topological polar surface area (TPSA) is 52.7 Å². The van der Waals surface area contributed by atoms with Crippen molar-refractivity contribution in [2.75, 3.05) is 39.3 Å². The number of nitrogens with one attached hydrogen (secondary N) is 1. The summed E-state index contributed by atoms with van der Waals surface area (Å²) in [7, 11) is 0. The third-order valence-electron chi connectivity index (χ3n) is 4.17. The summed E-state index contributed by atoms with van der Waals surface area (Å²) in [5, 5.41) is 3.01. The quantitative estimate of drug-likeness (QED) is 0.771. The second-order valence-corrected chi connectivity index (χ2v) is 6.21. The SMILES string of the molecule is CCN(CC)C(=O)CN1CCCC(CNC(=O)C(C)C)C1. The number of rotatable bonds is 7. The number of amides is 2. The zero-order chi connectivity index (χ0) is 15.8. The monoisotopic (exact) mass is 297 g/mol. The molecule has 1 fully saturated rings. The Balaban J connectivity index is 2.38. The predicted molar refractivity (Wildman–Crippen MR) is 84.9 cm³/mol. The van der Waals surface area contributed by atoms with Crippen molar-refractivity contribution in [1.29, 1.82) is 0 Å². The maximum absolute atomic E-state index is 12.2. The van der Waals surface area contributed by atoms with Gasteiger partial charge in [0.25, 0.3) is 0 Å². The van der Waals surface area contributed by atoms with E-state index in [9.17, 15) is 9.59 Å². The number of likely N-dealkylation sites (tertiary alicyclic amines) is 1. The van der Waals surface area contributed by atoms with Crippen LogP contribution in [0.5, 0.6) is 0 Å². The highest BCUT2D eigenvalue weighted by atomic mass is 16.2. The Kier molecular flexibility index (Phi) is 7.72. The molecule has 0 aliphatic carbocycles. The number of carbonyl (C=O) groups excluding carboxylic acids is 2. The molecule has 5 nitrogen and oxygen atoms in total. The van der Waals surface area contributed by atoms with E-state index in [4.69, 9.17) is 0 Å². The van der Waals surface area contributed by atoms with Crippen LogP contribution in [0.15, 0.2) is 0 Å². The van der Waals surface area contributed by atoms with Crippen molar-refractivity contribution in [3.8, 4) is 0 Å². The van der Waals surface area contributed by atoms with E-state index in [1.54, 1.807) is 0 Å². The van der Waals surface area contributed by atoms with Crippen LogP contribution in [-0.2, 0) is 9.59 Å². The molecule has 0 saturated carbocycles. The van der Waals surface area contributed by atoms with Crippen LogP contribution in [0.1, 0.15) is 40.5 Å². The molecule has 0 aromatic carbocycles. The molecule has 2 amide bonds. The average Bonchev–Trinajstić information content (AvgIpc) is 2.46. The Morgan fingerprint density at radius 3 is 2.52 bits per heavy atom. The van der Waals surface area contributed by atoms with Gasteiger partial charge in [-0.15, -0.1) is 0 Å². The van der Waals surface area contributed by atoms with Crippen LogP contribution in [-0.4, -0.2) is 60.9 Å². The molecule has 1 heterocycles. The van der Waals surface area contributed by atoms with Crippen molar-refractivity contribution in [3.05, 3.63) is 0 Å². The fraction of sp³-hybridized carbons (Fsp3) is 0.875. The van der Waals surface area contributed by atoms with Gasteiger partial charge >= 0.3 is 0 Å². The summed E-state index contributed by atoms with van der Waals surface area (Å²) in [6, 6.07) is 0. The third kappa shape index (κ3) is 6.04. The number of likely N-dealkylation sites (N-methyl/N-ethyl adjacent to an activating group) is 1. The summed E-state index contributed by atoms with van der Waals surface area (Å²) >= 11 is 0. The van der Waals surface area contributed by atoms with Gasteiger partial charge < -0.3 is 10.2 Å². The molecule has 0 bridgehead atoms. The van der Waals surface area contributed by atoms with Gasteiger partial charge in [0.2, 0.25) is 11.8 Å². The predicted octanol–water partition coefficient (Wildman–Crippen LogP) is 1.34. The van der Waals surface area contributed by atoms with Crippen LogP contribution in [0.2, 0.25) is 0 Å². The third-order valence-corrected chi connectivity index (χ3v) is 4.17. The molecular formula is C16H31N3O2. The number of nitrogens with zero attached hydrogens (tertiary/aromatic N) is 2. The van der Waals surface area contributed by atoms with Gasteiger partial charge in [0, 0.05) is 32.1 Å². The van der Waals surface area contributed by atoms with Crippen LogP contribution >= 0.6 is 0 Å². The van der Waals surface area contributed by atoms with Gasteiger partial charge in [0.05, 0.1) is 6.54 Å². The van der Waals surface area contributed by atoms with Crippen LogP contribution in [0.3, 0.4) is 0 Å². The normalized spacial score (nSPS) is 19.6. The maximum Gasteiger partial charge on any atom is 0.236 e. The zero-order valence-electron chi connectivity index (χ0n) is 14.0. The molecule has 1 N–H and O–H groups in total. The molecule has 1 aliphatic rings. The van der Waals surface area contributed by atoms with Gasteiger partial charge in [-0.1, -0.05) is 13.8 Å². The Labute approximate surface area is 129 Å². The lowest BCUT2D eigenvalue weighted by molar-refractivity contribution is -0.132. The van der Waals surface area contributed by atoms with Crippen molar-refractivity contribution in [2.24, 2.45) is 11.8 Å². The van der Waals surface area contributed by atoms with Crippen LogP contribution < -0.4 is 5.32 Å². The largest absolute Gasteiger partial charge is 0.356 e. The molecule has 1 unspecified atom stereocenters. The van der Waals surface area contributed by atoms with Crippen molar-refractivity contribution in [3.63, 3.8) is 0 Å². The van der Waals surface area contributed by atoms with Crippen molar-refractivity contribution < 1.29 is 9.59 Å².